The molecule has 0 spiro atoms. The van der Waals surface area contributed by atoms with Gasteiger partial charge in [0, 0.05) is 30.2 Å². The zero-order valence-corrected chi connectivity index (χ0v) is 16.7. The monoisotopic (exact) mass is 370 g/mol. The average Bonchev–Trinajstić information content (AvgIpc) is 2.70. The maximum atomic E-state index is 4.26. The van der Waals surface area contributed by atoms with Crippen molar-refractivity contribution >= 4 is 17.3 Å². The van der Waals surface area contributed by atoms with E-state index >= 15 is 0 Å². The summed E-state index contributed by atoms with van der Waals surface area (Å²) in [6.07, 6.45) is 3.46. The Morgan fingerprint density at radius 1 is 0.929 bits per heavy atom. The first kappa shape index (κ1) is 19.4. The van der Waals surface area contributed by atoms with Crippen molar-refractivity contribution < 1.29 is 0 Å². The average molecular weight is 371 g/mol. The second-order valence-electron chi connectivity index (χ2n) is 6.87. The summed E-state index contributed by atoms with van der Waals surface area (Å²) in [5.41, 5.74) is 7.73. The van der Waals surface area contributed by atoms with Gasteiger partial charge >= 0.3 is 0 Å². The first-order chi connectivity index (χ1) is 13.5. The van der Waals surface area contributed by atoms with Crippen molar-refractivity contribution in [3.8, 4) is 0 Å². The van der Waals surface area contributed by atoms with Gasteiger partial charge in [0.15, 0.2) is 0 Å². The van der Waals surface area contributed by atoms with Crippen molar-refractivity contribution in [2.75, 3.05) is 17.2 Å². The molecule has 2 N–H and O–H groups in total. The van der Waals surface area contributed by atoms with Crippen molar-refractivity contribution in [2.24, 2.45) is 0 Å². The number of nitrogens with one attached hydrogen (secondary N) is 2. The quantitative estimate of drug-likeness (QED) is 0.531. The maximum absolute atomic E-state index is 4.26. The largest absolute Gasteiger partial charge is 0.355 e. The SMILES string of the molecule is C=C(C)/C(CNc1ncccn1)=C(/Nc1ccc(C)cc1)c1ccccc1C. The summed E-state index contributed by atoms with van der Waals surface area (Å²) in [5, 5.41) is 6.93. The number of hydrogen-bond acceptors (Lipinski definition) is 4. The van der Waals surface area contributed by atoms with Crippen LogP contribution in [0.3, 0.4) is 0 Å². The van der Waals surface area contributed by atoms with E-state index in [1.165, 1.54) is 11.1 Å². The van der Waals surface area contributed by atoms with E-state index in [2.05, 4.69) is 89.6 Å². The molecule has 0 radical (unpaired) electrons. The molecule has 0 aliphatic carbocycles. The van der Waals surface area contributed by atoms with Crippen molar-refractivity contribution in [2.45, 2.75) is 20.8 Å². The van der Waals surface area contributed by atoms with Crippen LogP contribution in [0, 0.1) is 13.8 Å². The molecule has 0 atom stereocenters. The topological polar surface area (TPSA) is 49.8 Å². The van der Waals surface area contributed by atoms with Crippen LogP contribution in [0.15, 0.2) is 84.7 Å². The Labute approximate surface area is 167 Å². The fourth-order valence-electron chi connectivity index (χ4n) is 2.95. The summed E-state index contributed by atoms with van der Waals surface area (Å²) in [4.78, 5) is 8.52. The lowest BCUT2D eigenvalue weighted by Gasteiger charge is -2.20. The van der Waals surface area contributed by atoms with E-state index in [0.29, 0.717) is 12.5 Å². The van der Waals surface area contributed by atoms with E-state index in [0.717, 1.165) is 28.1 Å². The Bertz CT molecular complexity index is 973. The Hall–Kier alpha value is -3.40. The van der Waals surface area contributed by atoms with Gasteiger partial charge in [0.2, 0.25) is 5.95 Å². The molecule has 28 heavy (non-hydrogen) atoms. The van der Waals surface area contributed by atoms with E-state index in [9.17, 15) is 0 Å². The normalized spacial score (nSPS) is 11.5. The number of benzene rings is 2. The van der Waals surface area contributed by atoms with Crippen LogP contribution in [0.25, 0.3) is 5.70 Å². The number of aromatic nitrogens is 2. The van der Waals surface area contributed by atoms with Gasteiger partial charge < -0.3 is 10.6 Å². The molecular formula is C24H26N4. The lowest BCUT2D eigenvalue weighted by atomic mass is 9.97. The van der Waals surface area contributed by atoms with Gasteiger partial charge in [-0.1, -0.05) is 54.1 Å². The third-order valence-electron chi connectivity index (χ3n) is 4.54. The molecule has 0 saturated heterocycles. The Kier molecular flexibility index (Phi) is 6.22. The number of rotatable bonds is 7. The molecule has 1 heterocycles. The molecule has 1 aromatic heterocycles. The van der Waals surface area contributed by atoms with Crippen molar-refractivity contribution in [3.63, 3.8) is 0 Å². The Morgan fingerprint density at radius 3 is 2.25 bits per heavy atom. The molecule has 142 valence electrons. The molecule has 4 nitrogen and oxygen atoms in total. The summed E-state index contributed by atoms with van der Waals surface area (Å²) in [6.45, 7) is 11.0. The number of anilines is 2. The third-order valence-corrected chi connectivity index (χ3v) is 4.54. The second-order valence-corrected chi connectivity index (χ2v) is 6.87. The Balaban J connectivity index is 2.03. The fourth-order valence-corrected chi connectivity index (χ4v) is 2.95. The van der Waals surface area contributed by atoms with Crippen molar-refractivity contribution in [1.29, 1.82) is 0 Å². The van der Waals surface area contributed by atoms with Gasteiger partial charge in [0.25, 0.3) is 0 Å². The minimum absolute atomic E-state index is 0.571. The van der Waals surface area contributed by atoms with Gasteiger partial charge in [-0.15, -0.1) is 0 Å². The summed E-state index contributed by atoms with van der Waals surface area (Å²) in [7, 11) is 0. The number of hydrogen-bond donors (Lipinski definition) is 2. The minimum Gasteiger partial charge on any atom is -0.355 e. The van der Waals surface area contributed by atoms with E-state index in [4.69, 9.17) is 0 Å². The van der Waals surface area contributed by atoms with Gasteiger partial charge in [-0.2, -0.15) is 0 Å². The van der Waals surface area contributed by atoms with E-state index in [1.807, 2.05) is 6.92 Å². The minimum atomic E-state index is 0.571. The van der Waals surface area contributed by atoms with Gasteiger partial charge in [0.05, 0.1) is 5.70 Å². The van der Waals surface area contributed by atoms with E-state index in [-0.39, 0.29) is 0 Å². The summed E-state index contributed by atoms with van der Waals surface area (Å²) in [5.74, 6) is 0.598. The van der Waals surface area contributed by atoms with E-state index in [1.54, 1.807) is 18.5 Å². The van der Waals surface area contributed by atoms with Gasteiger partial charge in [-0.3, -0.25) is 0 Å². The zero-order chi connectivity index (χ0) is 19.9. The highest BCUT2D eigenvalue weighted by molar-refractivity contribution is 5.83. The maximum Gasteiger partial charge on any atom is 0.222 e. The number of aryl methyl sites for hydroxylation is 2. The fraction of sp³-hybridized carbons (Fsp3) is 0.167. The van der Waals surface area contributed by atoms with Crippen LogP contribution in [0.4, 0.5) is 11.6 Å². The standard InChI is InChI=1S/C24H26N4/c1-17(2)22(16-27-24-25-14-7-15-26-24)23(21-9-6-5-8-19(21)4)28-20-12-10-18(3)11-13-20/h5-15,28H,1,16H2,2-4H3,(H,25,26,27)/b23-22+. The van der Waals surface area contributed by atoms with Crippen LogP contribution in [0.2, 0.25) is 0 Å². The molecular weight excluding hydrogens is 344 g/mol. The molecule has 0 fully saturated rings. The zero-order valence-electron chi connectivity index (χ0n) is 16.7. The first-order valence-electron chi connectivity index (χ1n) is 9.34. The van der Waals surface area contributed by atoms with Crippen LogP contribution < -0.4 is 10.6 Å². The van der Waals surface area contributed by atoms with Crippen LogP contribution in [-0.4, -0.2) is 16.5 Å². The van der Waals surface area contributed by atoms with Crippen LogP contribution >= 0.6 is 0 Å². The highest BCUT2D eigenvalue weighted by atomic mass is 15.1. The highest BCUT2D eigenvalue weighted by Gasteiger charge is 2.13. The van der Waals surface area contributed by atoms with Gasteiger partial charge in [-0.05, 0) is 50.1 Å². The van der Waals surface area contributed by atoms with Gasteiger partial charge in [-0.25, -0.2) is 9.97 Å². The molecule has 0 amide bonds. The lowest BCUT2D eigenvalue weighted by molar-refractivity contribution is 1.09. The molecule has 0 aliphatic heterocycles. The Morgan fingerprint density at radius 2 is 1.61 bits per heavy atom. The van der Waals surface area contributed by atoms with Crippen molar-refractivity contribution in [3.05, 3.63) is 101 Å². The van der Waals surface area contributed by atoms with Crippen LogP contribution in [0.5, 0.6) is 0 Å². The molecule has 0 bridgehead atoms. The predicted molar refractivity (Wildman–Crippen MR) is 118 cm³/mol. The third kappa shape index (κ3) is 4.86. The van der Waals surface area contributed by atoms with Crippen molar-refractivity contribution in [1.82, 2.24) is 9.97 Å². The molecule has 3 rings (SSSR count). The first-order valence-corrected chi connectivity index (χ1v) is 9.34. The van der Waals surface area contributed by atoms with Crippen LogP contribution in [0.1, 0.15) is 23.6 Å². The molecule has 0 unspecified atom stereocenters. The molecule has 3 aromatic rings. The summed E-state index contributed by atoms with van der Waals surface area (Å²) < 4.78 is 0. The van der Waals surface area contributed by atoms with Crippen LogP contribution in [-0.2, 0) is 0 Å². The van der Waals surface area contributed by atoms with E-state index < -0.39 is 0 Å². The molecule has 2 aromatic carbocycles. The molecule has 0 saturated carbocycles. The summed E-state index contributed by atoms with van der Waals surface area (Å²) in [6, 6.07) is 18.6. The highest BCUT2D eigenvalue weighted by Crippen LogP contribution is 2.28. The van der Waals surface area contributed by atoms with Gasteiger partial charge in [0.1, 0.15) is 0 Å². The predicted octanol–water partition coefficient (Wildman–Crippen LogP) is 5.60. The second kappa shape index (κ2) is 9.00. The smallest absolute Gasteiger partial charge is 0.222 e. The molecule has 0 aliphatic rings. The lowest BCUT2D eigenvalue weighted by Crippen LogP contribution is -2.14. The number of nitrogens with zero attached hydrogens (tertiary/aromatic N) is 2. The molecule has 4 heteroatoms. The summed E-state index contributed by atoms with van der Waals surface area (Å²) >= 11 is 0.